The maximum Gasteiger partial charge on any atom is 0.387 e. The number of carbonyl (C=O) groups is 1. The fourth-order valence-electron chi connectivity index (χ4n) is 5.26. The van der Waals surface area contributed by atoms with Gasteiger partial charge in [-0.15, -0.1) is 0 Å². The van der Waals surface area contributed by atoms with E-state index in [2.05, 4.69) is 19.9 Å². The lowest BCUT2D eigenvalue weighted by molar-refractivity contribution is -0.0498. The van der Waals surface area contributed by atoms with Crippen molar-refractivity contribution in [3.05, 3.63) is 42.1 Å². The van der Waals surface area contributed by atoms with Crippen LogP contribution in [-0.2, 0) is 4.74 Å². The molecular formula is C26H31F2N5O3. The molecule has 5 rings (SSSR count). The van der Waals surface area contributed by atoms with Crippen molar-refractivity contribution in [1.82, 2.24) is 25.0 Å². The molecule has 1 N–H and O–H groups in total. The third-order valence-electron chi connectivity index (χ3n) is 6.94. The lowest BCUT2D eigenvalue weighted by atomic mass is 10.1. The van der Waals surface area contributed by atoms with E-state index < -0.39 is 6.61 Å². The highest BCUT2D eigenvalue weighted by molar-refractivity contribution is 5.99. The van der Waals surface area contributed by atoms with Crippen LogP contribution in [0.5, 0.6) is 5.75 Å². The lowest BCUT2D eigenvalue weighted by Crippen LogP contribution is -2.52. The van der Waals surface area contributed by atoms with Crippen LogP contribution < -0.4 is 10.1 Å². The number of benzene rings is 1. The van der Waals surface area contributed by atoms with Crippen molar-refractivity contribution in [2.24, 2.45) is 0 Å². The number of morpholine rings is 1. The number of nitrogens with one attached hydrogen (secondary N) is 1. The molecule has 1 saturated heterocycles. The first-order chi connectivity index (χ1) is 17.4. The number of hydrogen-bond acceptors (Lipinski definition) is 6. The van der Waals surface area contributed by atoms with E-state index in [1.165, 1.54) is 12.1 Å². The molecule has 36 heavy (non-hydrogen) atoms. The Balaban J connectivity index is 1.42. The van der Waals surface area contributed by atoms with Gasteiger partial charge in [-0.2, -0.15) is 13.9 Å². The fraction of sp³-hybridized carbons (Fsp3) is 0.500. The minimum absolute atomic E-state index is 0.00221. The van der Waals surface area contributed by atoms with Gasteiger partial charge in [0.05, 0.1) is 24.3 Å². The van der Waals surface area contributed by atoms with Crippen molar-refractivity contribution in [2.75, 3.05) is 26.3 Å². The van der Waals surface area contributed by atoms with Gasteiger partial charge in [-0.25, -0.2) is 0 Å². The number of pyridine rings is 1. The van der Waals surface area contributed by atoms with E-state index in [0.717, 1.165) is 45.6 Å². The normalized spacial score (nSPS) is 20.9. The highest BCUT2D eigenvalue weighted by atomic mass is 19.3. The molecule has 0 unspecified atom stereocenters. The molecule has 2 atom stereocenters. The number of amides is 1. The molecule has 0 bridgehead atoms. The number of nitrogens with zero attached hydrogens (tertiary/aromatic N) is 4. The van der Waals surface area contributed by atoms with Crippen molar-refractivity contribution in [2.45, 2.75) is 57.8 Å². The maximum absolute atomic E-state index is 13.3. The third-order valence-corrected chi connectivity index (χ3v) is 6.94. The summed E-state index contributed by atoms with van der Waals surface area (Å²) in [5, 5.41) is 7.96. The van der Waals surface area contributed by atoms with Gasteiger partial charge in [0.1, 0.15) is 17.0 Å². The van der Waals surface area contributed by atoms with Crippen molar-refractivity contribution < 1.29 is 23.0 Å². The number of ether oxygens (including phenoxy) is 2. The van der Waals surface area contributed by atoms with Gasteiger partial charge in [0.25, 0.3) is 5.91 Å². The molecule has 8 nitrogen and oxygen atoms in total. The number of hydrogen-bond donors (Lipinski definition) is 1. The van der Waals surface area contributed by atoms with Gasteiger partial charge in [0.15, 0.2) is 0 Å². The largest absolute Gasteiger partial charge is 0.435 e. The summed E-state index contributed by atoms with van der Waals surface area (Å²) in [4.78, 5) is 20.3. The number of fused-ring (bicyclic) bond motifs is 1. The molecule has 0 radical (unpaired) electrons. The Labute approximate surface area is 208 Å². The van der Waals surface area contributed by atoms with Crippen LogP contribution in [0.2, 0.25) is 0 Å². The topological polar surface area (TPSA) is 81.5 Å². The first-order valence-electron chi connectivity index (χ1n) is 12.5. The summed E-state index contributed by atoms with van der Waals surface area (Å²) in [5.74, 6) is -0.0999. The fourth-order valence-corrected chi connectivity index (χ4v) is 5.26. The third kappa shape index (κ3) is 5.05. The maximum atomic E-state index is 13.3. The average molecular weight is 500 g/mol. The number of rotatable bonds is 7. The van der Waals surface area contributed by atoms with E-state index in [1.807, 2.05) is 19.9 Å². The summed E-state index contributed by atoms with van der Waals surface area (Å²) in [6, 6.07) is 8.64. The second kappa shape index (κ2) is 10.5. The minimum atomic E-state index is -2.91. The van der Waals surface area contributed by atoms with Crippen LogP contribution in [0, 0.1) is 0 Å². The molecule has 1 amide bonds. The Morgan fingerprint density at radius 3 is 2.75 bits per heavy atom. The van der Waals surface area contributed by atoms with Crippen LogP contribution in [0.4, 0.5) is 8.78 Å². The van der Waals surface area contributed by atoms with Crippen LogP contribution in [-0.4, -0.2) is 70.6 Å². The van der Waals surface area contributed by atoms with Crippen LogP contribution in [0.25, 0.3) is 22.3 Å². The number of carbonyl (C=O) groups excluding carboxylic acids is 1. The van der Waals surface area contributed by atoms with E-state index in [9.17, 15) is 13.6 Å². The van der Waals surface area contributed by atoms with Gasteiger partial charge >= 0.3 is 6.61 Å². The Hall–Kier alpha value is -3.11. The number of alkyl halides is 2. The van der Waals surface area contributed by atoms with Crippen LogP contribution in [0.3, 0.4) is 0 Å². The summed E-state index contributed by atoms with van der Waals surface area (Å²) in [6.07, 6.45) is 4.67. The monoisotopic (exact) mass is 499 g/mol. The van der Waals surface area contributed by atoms with Gasteiger partial charge in [0, 0.05) is 43.0 Å². The number of halogens is 2. The smallest absolute Gasteiger partial charge is 0.387 e. The molecule has 1 aliphatic carbocycles. The van der Waals surface area contributed by atoms with Crippen LogP contribution in [0.1, 0.15) is 49.5 Å². The predicted octanol–water partition coefficient (Wildman–Crippen LogP) is 4.26. The summed E-state index contributed by atoms with van der Waals surface area (Å²) >= 11 is 0. The SMILES string of the molecule is CC(C)n1nc(-c2cccc(OC(F)F)c2)c2ncc(C(=O)N[C@@H]3CCC[C@H]3N3CCOCC3)cc21. The molecular weight excluding hydrogens is 468 g/mol. The second-order valence-electron chi connectivity index (χ2n) is 9.61. The summed E-state index contributed by atoms with van der Waals surface area (Å²) in [7, 11) is 0. The molecule has 10 heteroatoms. The highest BCUT2D eigenvalue weighted by Gasteiger charge is 2.34. The van der Waals surface area contributed by atoms with Crippen molar-refractivity contribution in [3.63, 3.8) is 0 Å². The van der Waals surface area contributed by atoms with Gasteiger partial charge in [-0.3, -0.25) is 19.4 Å². The molecule has 192 valence electrons. The van der Waals surface area contributed by atoms with E-state index in [0.29, 0.717) is 33.9 Å². The van der Waals surface area contributed by atoms with Gasteiger partial charge < -0.3 is 14.8 Å². The first-order valence-corrected chi connectivity index (χ1v) is 12.5. The second-order valence-corrected chi connectivity index (χ2v) is 9.61. The van der Waals surface area contributed by atoms with Gasteiger partial charge in [-0.05, 0) is 51.3 Å². The van der Waals surface area contributed by atoms with E-state index in [4.69, 9.17) is 9.84 Å². The molecule has 1 aromatic carbocycles. The van der Waals surface area contributed by atoms with Crippen molar-refractivity contribution in [3.8, 4) is 17.0 Å². The Morgan fingerprint density at radius 2 is 2.00 bits per heavy atom. The van der Waals surface area contributed by atoms with E-state index >= 15 is 0 Å². The molecule has 3 heterocycles. The van der Waals surface area contributed by atoms with E-state index in [1.54, 1.807) is 23.0 Å². The minimum Gasteiger partial charge on any atom is -0.435 e. The first kappa shape index (κ1) is 24.6. The van der Waals surface area contributed by atoms with Gasteiger partial charge in [-0.1, -0.05) is 12.1 Å². The Kier molecular flexibility index (Phi) is 7.15. The van der Waals surface area contributed by atoms with Gasteiger partial charge in [0.2, 0.25) is 0 Å². The van der Waals surface area contributed by atoms with E-state index in [-0.39, 0.29) is 23.7 Å². The summed E-state index contributed by atoms with van der Waals surface area (Å²) in [6.45, 7) is 4.32. The predicted molar refractivity (Wildman–Crippen MR) is 131 cm³/mol. The zero-order chi connectivity index (χ0) is 25.2. The highest BCUT2D eigenvalue weighted by Crippen LogP contribution is 2.31. The summed E-state index contributed by atoms with van der Waals surface area (Å²) in [5.41, 5.74) is 2.94. The average Bonchev–Trinajstić information content (AvgIpc) is 3.48. The van der Waals surface area contributed by atoms with Crippen molar-refractivity contribution >= 4 is 16.9 Å². The molecule has 1 aliphatic heterocycles. The molecule has 3 aromatic rings. The molecule has 2 aromatic heterocycles. The lowest BCUT2D eigenvalue weighted by Gasteiger charge is -2.35. The molecule has 2 aliphatic rings. The molecule has 2 fully saturated rings. The standard InChI is InChI=1S/C26H31F2N5O3/c1-16(2)33-22-14-18(25(34)30-20-7-4-8-21(20)32-9-11-35-12-10-32)15-29-24(22)23(31-33)17-5-3-6-19(13-17)36-26(27)28/h3,5-6,13-16,20-21,26H,4,7-12H2,1-2H3,(H,30,34)/t20-,21-/m1/s1. The zero-order valence-corrected chi connectivity index (χ0v) is 20.5. The van der Waals surface area contributed by atoms with Crippen LogP contribution in [0.15, 0.2) is 36.5 Å². The van der Waals surface area contributed by atoms with Crippen molar-refractivity contribution in [1.29, 1.82) is 0 Å². The Bertz CT molecular complexity index is 1230. The number of aromatic nitrogens is 3. The molecule has 1 saturated carbocycles. The molecule has 0 spiro atoms. The zero-order valence-electron chi connectivity index (χ0n) is 20.5. The van der Waals surface area contributed by atoms with Crippen LogP contribution >= 0.6 is 0 Å². The Morgan fingerprint density at radius 1 is 1.19 bits per heavy atom. The quantitative estimate of drug-likeness (QED) is 0.523. The summed E-state index contributed by atoms with van der Waals surface area (Å²) < 4.78 is 37.3.